The summed E-state index contributed by atoms with van der Waals surface area (Å²) in [5, 5.41) is 7.03. The van der Waals surface area contributed by atoms with E-state index in [9.17, 15) is 14.4 Å². The van der Waals surface area contributed by atoms with Crippen LogP contribution in [0.5, 0.6) is 0 Å². The summed E-state index contributed by atoms with van der Waals surface area (Å²) in [6.45, 7) is 9.89. The number of hydrogen-bond donors (Lipinski definition) is 2. The fraction of sp³-hybridized carbons (Fsp3) is 0.250. The number of benzene rings is 2. The van der Waals surface area contributed by atoms with Crippen LogP contribution in [0.15, 0.2) is 48.5 Å². The van der Waals surface area contributed by atoms with Gasteiger partial charge >= 0.3 is 5.97 Å². The number of carbonyl (C=O) groups excluding carboxylic acids is 3. The lowest BCUT2D eigenvalue weighted by molar-refractivity contribution is 0.0527. The third-order valence-corrected chi connectivity index (χ3v) is 8.65. The summed E-state index contributed by atoms with van der Waals surface area (Å²) in [5.74, 6) is -1.44. The number of anilines is 2. The zero-order valence-electron chi connectivity index (χ0n) is 21.2. The van der Waals surface area contributed by atoms with Gasteiger partial charge in [0.15, 0.2) is 0 Å². The van der Waals surface area contributed by atoms with Gasteiger partial charge in [0.25, 0.3) is 11.8 Å². The molecule has 2 aromatic heterocycles. The van der Waals surface area contributed by atoms with Crippen molar-refractivity contribution < 1.29 is 19.1 Å². The Morgan fingerprint density at radius 2 is 1.62 bits per heavy atom. The number of amides is 2. The zero-order valence-corrected chi connectivity index (χ0v) is 23.5. The van der Waals surface area contributed by atoms with Crippen LogP contribution in [0.4, 0.5) is 10.7 Å². The van der Waals surface area contributed by atoms with Crippen molar-refractivity contribution in [3.8, 4) is 0 Å². The maximum atomic E-state index is 13.4. The van der Waals surface area contributed by atoms with E-state index in [-0.39, 0.29) is 28.5 Å². The molecular formula is C28H27ClN2O4S2. The van der Waals surface area contributed by atoms with Crippen molar-refractivity contribution in [1.82, 2.24) is 0 Å². The number of fused-ring (bicyclic) bond motifs is 1. The molecule has 0 radical (unpaired) electrons. The van der Waals surface area contributed by atoms with E-state index in [1.54, 1.807) is 26.0 Å². The summed E-state index contributed by atoms with van der Waals surface area (Å²) in [6.07, 6.45) is 0. The molecule has 0 bridgehead atoms. The third-order valence-electron chi connectivity index (χ3n) is 5.79. The van der Waals surface area contributed by atoms with Crippen molar-refractivity contribution in [2.45, 2.75) is 40.0 Å². The largest absolute Gasteiger partial charge is 0.462 e. The summed E-state index contributed by atoms with van der Waals surface area (Å²) >= 11 is 8.93. The van der Waals surface area contributed by atoms with Crippen molar-refractivity contribution in [2.24, 2.45) is 0 Å². The van der Waals surface area contributed by atoms with E-state index in [2.05, 4.69) is 31.4 Å². The fourth-order valence-corrected chi connectivity index (χ4v) is 6.35. The summed E-state index contributed by atoms with van der Waals surface area (Å²) < 4.78 is 6.13. The second kappa shape index (κ2) is 10.7. The standard InChI is InChI=1S/C28H27ClN2O4S2/c1-6-35-27(34)20-15(2)22(24(32)30-17-10-8-7-9-11-17)37-26(20)31-25(33)23-21(29)18-13-12-16(28(3,4)5)14-19(18)36-23/h7-14H,6H2,1-5H3,(H,30,32)(H,31,33). The number of rotatable bonds is 6. The van der Waals surface area contributed by atoms with Gasteiger partial charge in [-0.2, -0.15) is 0 Å². The monoisotopic (exact) mass is 554 g/mol. The maximum absolute atomic E-state index is 13.4. The quantitative estimate of drug-likeness (QED) is 0.237. The lowest BCUT2D eigenvalue weighted by Gasteiger charge is -2.18. The molecule has 0 aliphatic carbocycles. The van der Waals surface area contributed by atoms with Crippen LogP contribution < -0.4 is 10.6 Å². The number of ether oxygens (including phenoxy) is 1. The van der Waals surface area contributed by atoms with Gasteiger partial charge in [-0.3, -0.25) is 9.59 Å². The van der Waals surface area contributed by atoms with Crippen LogP contribution >= 0.6 is 34.3 Å². The Hall–Kier alpha value is -3.20. The molecule has 2 heterocycles. The predicted octanol–water partition coefficient (Wildman–Crippen LogP) is 7.90. The molecule has 0 saturated carbocycles. The van der Waals surface area contributed by atoms with Crippen LogP contribution in [0.1, 0.15) is 68.5 Å². The fourth-order valence-electron chi connectivity index (χ4n) is 3.81. The highest BCUT2D eigenvalue weighted by Gasteiger charge is 2.28. The van der Waals surface area contributed by atoms with E-state index < -0.39 is 11.9 Å². The number of nitrogens with one attached hydrogen (secondary N) is 2. The van der Waals surface area contributed by atoms with Gasteiger partial charge in [-0.1, -0.05) is 62.7 Å². The zero-order chi connectivity index (χ0) is 26.9. The number of hydrogen-bond acceptors (Lipinski definition) is 6. The molecule has 0 atom stereocenters. The number of para-hydroxylation sites is 1. The molecule has 192 valence electrons. The van der Waals surface area contributed by atoms with E-state index in [0.29, 0.717) is 26.0 Å². The number of halogens is 1. The van der Waals surface area contributed by atoms with Crippen molar-refractivity contribution in [3.05, 3.63) is 80.0 Å². The Balaban J connectivity index is 1.69. The lowest BCUT2D eigenvalue weighted by atomic mass is 9.87. The Kier molecular flexibility index (Phi) is 7.73. The minimum Gasteiger partial charge on any atom is -0.462 e. The summed E-state index contributed by atoms with van der Waals surface area (Å²) in [4.78, 5) is 39.9. The highest BCUT2D eigenvalue weighted by atomic mass is 35.5. The van der Waals surface area contributed by atoms with Crippen molar-refractivity contribution in [3.63, 3.8) is 0 Å². The molecule has 6 nitrogen and oxygen atoms in total. The van der Waals surface area contributed by atoms with Crippen LogP contribution in [0, 0.1) is 6.92 Å². The number of thiophene rings is 2. The molecule has 37 heavy (non-hydrogen) atoms. The second-order valence-electron chi connectivity index (χ2n) is 9.46. The number of carbonyl (C=O) groups is 3. The van der Waals surface area contributed by atoms with Gasteiger partial charge in [0.2, 0.25) is 0 Å². The van der Waals surface area contributed by atoms with Crippen molar-refractivity contribution in [2.75, 3.05) is 17.2 Å². The van der Waals surface area contributed by atoms with Crippen LogP contribution in [-0.4, -0.2) is 24.4 Å². The minimum atomic E-state index is -0.609. The molecule has 0 fully saturated rings. The highest BCUT2D eigenvalue weighted by molar-refractivity contribution is 7.22. The van der Waals surface area contributed by atoms with E-state index in [4.69, 9.17) is 16.3 Å². The summed E-state index contributed by atoms with van der Waals surface area (Å²) in [6, 6.07) is 15.0. The van der Waals surface area contributed by atoms with Crippen molar-refractivity contribution >= 4 is 72.8 Å². The Morgan fingerprint density at radius 3 is 2.27 bits per heavy atom. The first-order valence-electron chi connectivity index (χ1n) is 11.7. The van der Waals surface area contributed by atoms with E-state index in [1.807, 2.05) is 36.4 Å². The van der Waals surface area contributed by atoms with Gasteiger partial charge < -0.3 is 15.4 Å². The highest BCUT2D eigenvalue weighted by Crippen LogP contribution is 2.40. The van der Waals surface area contributed by atoms with E-state index in [1.165, 1.54) is 11.3 Å². The van der Waals surface area contributed by atoms with Gasteiger partial charge in [-0.05, 0) is 48.6 Å². The average molecular weight is 555 g/mol. The van der Waals surface area contributed by atoms with Crippen LogP contribution in [0.25, 0.3) is 10.1 Å². The first-order chi connectivity index (χ1) is 17.5. The molecular weight excluding hydrogens is 528 g/mol. The molecule has 0 aliphatic rings. The average Bonchev–Trinajstić information content (AvgIpc) is 3.35. The number of esters is 1. The van der Waals surface area contributed by atoms with Crippen LogP contribution in [-0.2, 0) is 10.2 Å². The molecule has 0 saturated heterocycles. The van der Waals surface area contributed by atoms with Gasteiger partial charge in [0.05, 0.1) is 22.1 Å². The third kappa shape index (κ3) is 5.56. The van der Waals surface area contributed by atoms with Crippen molar-refractivity contribution in [1.29, 1.82) is 0 Å². The lowest BCUT2D eigenvalue weighted by Crippen LogP contribution is -2.14. The summed E-state index contributed by atoms with van der Waals surface area (Å²) in [7, 11) is 0. The molecule has 0 spiro atoms. The molecule has 2 aromatic carbocycles. The Bertz CT molecular complexity index is 1500. The smallest absolute Gasteiger partial charge is 0.341 e. The Morgan fingerprint density at radius 1 is 0.946 bits per heavy atom. The topological polar surface area (TPSA) is 84.5 Å². The summed E-state index contributed by atoms with van der Waals surface area (Å²) in [5.41, 5.74) is 2.30. The van der Waals surface area contributed by atoms with Gasteiger partial charge in [0.1, 0.15) is 9.88 Å². The molecule has 0 unspecified atom stereocenters. The molecule has 2 amide bonds. The SMILES string of the molecule is CCOC(=O)c1c(NC(=O)c2sc3cc(C(C)(C)C)ccc3c2Cl)sc(C(=O)Nc2ccccc2)c1C. The normalized spacial score (nSPS) is 11.4. The minimum absolute atomic E-state index is 0.0488. The van der Waals surface area contributed by atoms with E-state index in [0.717, 1.165) is 27.0 Å². The van der Waals surface area contributed by atoms with E-state index >= 15 is 0 Å². The molecule has 2 N–H and O–H groups in total. The van der Waals surface area contributed by atoms with Gasteiger partial charge in [0, 0.05) is 15.8 Å². The second-order valence-corrected chi connectivity index (χ2v) is 11.9. The molecule has 4 aromatic rings. The van der Waals surface area contributed by atoms with Crippen LogP contribution in [0.3, 0.4) is 0 Å². The first-order valence-corrected chi connectivity index (χ1v) is 13.7. The van der Waals surface area contributed by atoms with Crippen LogP contribution in [0.2, 0.25) is 5.02 Å². The van der Waals surface area contributed by atoms with Gasteiger partial charge in [-0.15, -0.1) is 22.7 Å². The molecule has 0 aliphatic heterocycles. The van der Waals surface area contributed by atoms with Gasteiger partial charge in [-0.25, -0.2) is 4.79 Å². The first kappa shape index (κ1) is 26.9. The Labute approximate surface area is 228 Å². The maximum Gasteiger partial charge on any atom is 0.341 e. The molecule has 4 rings (SSSR count). The molecule has 9 heteroatoms. The predicted molar refractivity (Wildman–Crippen MR) is 153 cm³/mol.